The van der Waals surface area contributed by atoms with Gasteiger partial charge in [-0.1, -0.05) is 57.5 Å². The molecule has 0 saturated carbocycles. The fourth-order valence-corrected chi connectivity index (χ4v) is 8.37. The smallest absolute Gasteiger partial charge is 0.191 e. The van der Waals surface area contributed by atoms with Crippen LogP contribution in [0.2, 0.25) is 0 Å². The summed E-state index contributed by atoms with van der Waals surface area (Å²) in [5, 5.41) is 27.2. The van der Waals surface area contributed by atoms with Gasteiger partial charge in [-0.15, -0.1) is 0 Å². The van der Waals surface area contributed by atoms with Gasteiger partial charge in [0.15, 0.2) is 29.7 Å². The quantitative estimate of drug-likeness (QED) is 0.147. The first-order chi connectivity index (χ1) is 26.7. The molecule has 4 heterocycles. The average Bonchev–Trinajstić information content (AvgIpc) is 3.52. The fourth-order valence-electron chi connectivity index (χ4n) is 8.37. The minimum absolute atomic E-state index is 0.121. The Balaban J connectivity index is 1.26. The van der Waals surface area contributed by atoms with E-state index < -0.39 is 41.9 Å². The number of ketones is 2. The Morgan fingerprint density at radius 3 is 2.71 bits per heavy atom. The summed E-state index contributed by atoms with van der Waals surface area (Å²) < 4.78 is 26.7. The zero-order valence-corrected chi connectivity index (χ0v) is 33.1. The van der Waals surface area contributed by atoms with E-state index in [1.165, 1.54) is 0 Å². The Kier molecular flexibility index (Phi) is 11.1. The number of aliphatic hydroxyl groups is 1. The predicted molar refractivity (Wildman–Crippen MR) is 212 cm³/mol. The lowest BCUT2D eigenvalue weighted by Crippen LogP contribution is -2.57. The van der Waals surface area contributed by atoms with E-state index in [0.717, 1.165) is 16.3 Å². The highest BCUT2D eigenvalue weighted by molar-refractivity contribution is 6.15. The molecule has 2 saturated heterocycles. The highest BCUT2D eigenvalue weighted by Crippen LogP contribution is 2.45. The number of aromatic hydroxyl groups is 1. The number of hydrogen-bond donors (Lipinski definition) is 4. The lowest BCUT2D eigenvalue weighted by molar-refractivity contribution is -0.311. The Bertz CT molecular complexity index is 2270. The number of Topliss-reactive ketones (excluding diaryl/α,β-unsaturated/α-hetero) is 2. The summed E-state index contributed by atoms with van der Waals surface area (Å²) in [5.74, 6) is 11.8. The van der Waals surface area contributed by atoms with Gasteiger partial charge in [-0.25, -0.2) is 0 Å². The number of nitrogens with one attached hydrogen (secondary N) is 2. The average molecular weight is 762 g/mol. The summed E-state index contributed by atoms with van der Waals surface area (Å²) in [4.78, 5) is 36.3. The number of phenolic OH excluding ortho intramolecular Hbond substituents is 1. The fraction of sp³-hybridized carbons (Fsp3) is 0.489. The summed E-state index contributed by atoms with van der Waals surface area (Å²) in [6.45, 7) is 14.2. The van der Waals surface area contributed by atoms with E-state index in [1.54, 1.807) is 43.5 Å². The van der Waals surface area contributed by atoms with Gasteiger partial charge in [0, 0.05) is 46.6 Å². The molecule has 2 aliphatic heterocycles. The van der Waals surface area contributed by atoms with Gasteiger partial charge in [0.1, 0.15) is 23.7 Å². The van der Waals surface area contributed by atoms with Crippen LogP contribution < -0.4 is 5.32 Å². The third kappa shape index (κ3) is 7.48. The zero-order chi connectivity index (χ0) is 39.9. The van der Waals surface area contributed by atoms with Crippen molar-refractivity contribution in [2.75, 3.05) is 6.61 Å². The number of allylic oxidation sites excluding steroid dienone is 4. The third-order valence-electron chi connectivity index (χ3n) is 11.6. The van der Waals surface area contributed by atoms with Crippen LogP contribution in [0, 0.1) is 35.0 Å². The summed E-state index contributed by atoms with van der Waals surface area (Å²) in [6, 6.07) is 7.29. The molecule has 294 valence electrons. The van der Waals surface area contributed by atoms with E-state index in [2.05, 4.69) is 59.7 Å². The number of aromatic amines is 1. The molecule has 9 atom stereocenters. The number of H-pyrrole nitrogens is 1. The minimum atomic E-state index is -1.73. The van der Waals surface area contributed by atoms with E-state index in [9.17, 15) is 19.8 Å². The van der Waals surface area contributed by atoms with Crippen LogP contribution in [-0.4, -0.2) is 86.9 Å². The normalized spacial score (nSPS) is 33.3. The topological polar surface area (TPSA) is 152 Å². The summed E-state index contributed by atoms with van der Waals surface area (Å²) in [6.07, 6.45) is 3.57. The number of fused-ring (bicyclic) bond motifs is 5. The highest BCUT2D eigenvalue weighted by atomic mass is 16.7. The van der Waals surface area contributed by atoms with Crippen LogP contribution in [0.4, 0.5) is 0 Å². The van der Waals surface area contributed by atoms with Crippen molar-refractivity contribution in [2.24, 2.45) is 11.3 Å². The molecule has 0 spiro atoms. The zero-order valence-electron chi connectivity index (χ0n) is 33.1. The van der Waals surface area contributed by atoms with E-state index in [0.29, 0.717) is 41.7 Å². The number of nitrogens with zero attached hydrogens (tertiary/aromatic N) is 1. The van der Waals surface area contributed by atoms with E-state index in [1.807, 2.05) is 32.9 Å². The SMILES string of the molecule is CC/C=C1\C2=C(C)C(=O)C[C@@]1(O)C#C/C=C\C#C[C@@H]2OC1OC(C)C(C)(C(=O)c2nccc3c2[nH]c2ccc(O)cc23)CC1OC1CC(C)C(NC(C)C)CO1. The molecule has 7 unspecified atom stereocenters. The number of phenols is 1. The van der Waals surface area contributed by atoms with E-state index in [4.69, 9.17) is 18.9 Å². The Hall–Kier alpha value is -4.59. The van der Waals surface area contributed by atoms with Crippen LogP contribution in [0.3, 0.4) is 0 Å². The predicted octanol–water partition coefficient (Wildman–Crippen LogP) is 6.20. The molecule has 3 aromatic rings. The van der Waals surface area contributed by atoms with Gasteiger partial charge >= 0.3 is 0 Å². The van der Waals surface area contributed by atoms with Gasteiger partial charge in [-0.3, -0.25) is 14.6 Å². The van der Waals surface area contributed by atoms with Gasteiger partial charge < -0.3 is 39.5 Å². The lowest BCUT2D eigenvalue weighted by atomic mass is 9.72. The second-order valence-corrected chi connectivity index (χ2v) is 16.0. The van der Waals surface area contributed by atoms with Gasteiger partial charge in [0.2, 0.25) is 0 Å². The molecule has 0 amide bonds. The minimum Gasteiger partial charge on any atom is -0.508 e. The molecule has 4 N–H and O–H groups in total. The molecular formula is C45H51N3O8. The third-order valence-corrected chi connectivity index (χ3v) is 11.6. The number of aromatic nitrogens is 2. The maximum Gasteiger partial charge on any atom is 0.191 e. The van der Waals surface area contributed by atoms with E-state index in [-0.39, 0.29) is 53.9 Å². The molecule has 1 aromatic carbocycles. The largest absolute Gasteiger partial charge is 0.508 e. The molecule has 4 aliphatic rings. The molecule has 2 aliphatic carbocycles. The maximum atomic E-state index is 14.9. The highest BCUT2D eigenvalue weighted by Gasteiger charge is 2.53. The summed E-state index contributed by atoms with van der Waals surface area (Å²) >= 11 is 0. The molecule has 2 aromatic heterocycles. The molecule has 2 bridgehead atoms. The Morgan fingerprint density at radius 1 is 1.18 bits per heavy atom. The molecule has 7 rings (SSSR count). The van der Waals surface area contributed by atoms with Crippen molar-refractivity contribution in [2.45, 2.75) is 123 Å². The standard InChI is InChI=1S/C45H51N3O8/c1-8-13-32-39-27(5)35(50)22-45(32,52)18-12-10-9-11-14-36(39)56-43-37(55-38-20-26(4)34(24-53-38)47-25(2)3)23-44(7,28(6)54-43)42(51)41-40-30(17-19-46-41)31-21-29(49)15-16-33(31)48-40/h9-10,13,15-17,19,21,25-26,28,34,36-38,43,47-49,52H,8,20,22-24H2,1-7H3/b10-9-,32-13+/t26?,28?,34?,36-,37?,38?,43?,44?,45-/m0/s1. The van der Waals surface area contributed by atoms with Crippen molar-refractivity contribution >= 4 is 33.4 Å². The van der Waals surface area contributed by atoms with Crippen LogP contribution in [0.1, 0.15) is 84.6 Å². The second-order valence-electron chi connectivity index (χ2n) is 16.0. The number of carbonyl (C=O) groups is 2. The van der Waals surface area contributed by atoms with Crippen LogP contribution in [0.25, 0.3) is 21.8 Å². The number of rotatable bonds is 9. The molecule has 56 heavy (non-hydrogen) atoms. The van der Waals surface area contributed by atoms with Crippen molar-refractivity contribution in [3.8, 4) is 29.4 Å². The Labute approximate surface area is 327 Å². The van der Waals surface area contributed by atoms with Crippen LogP contribution in [0.15, 0.2) is 65.4 Å². The summed E-state index contributed by atoms with van der Waals surface area (Å²) in [5.41, 5.74) is 0.0837. The van der Waals surface area contributed by atoms with Crippen molar-refractivity contribution in [1.82, 2.24) is 15.3 Å². The summed E-state index contributed by atoms with van der Waals surface area (Å²) in [7, 11) is 0. The first-order valence-electron chi connectivity index (χ1n) is 19.6. The van der Waals surface area contributed by atoms with Gasteiger partial charge in [0.05, 0.1) is 30.1 Å². The van der Waals surface area contributed by atoms with Crippen molar-refractivity contribution in [1.29, 1.82) is 0 Å². The van der Waals surface area contributed by atoms with Crippen LogP contribution >= 0.6 is 0 Å². The first-order valence-corrected chi connectivity index (χ1v) is 19.6. The van der Waals surface area contributed by atoms with Crippen LogP contribution in [-0.2, 0) is 23.7 Å². The monoisotopic (exact) mass is 761 g/mol. The molecular weight excluding hydrogens is 711 g/mol. The Morgan fingerprint density at radius 2 is 1.96 bits per heavy atom. The van der Waals surface area contributed by atoms with Gasteiger partial charge in [-0.05, 0) is 87.1 Å². The van der Waals surface area contributed by atoms with Crippen molar-refractivity contribution in [3.05, 3.63) is 71.1 Å². The number of benzene rings is 1. The van der Waals surface area contributed by atoms with Gasteiger partial charge in [0.25, 0.3) is 0 Å². The molecule has 11 heteroatoms. The first kappa shape index (κ1) is 39.6. The maximum absolute atomic E-state index is 14.9. The number of pyridine rings is 1. The van der Waals surface area contributed by atoms with Crippen molar-refractivity contribution < 1.29 is 38.7 Å². The second kappa shape index (κ2) is 15.7. The van der Waals surface area contributed by atoms with E-state index >= 15 is 0 Å². The molecule has 0 radical (unpaired) electrons. The molecule has 11 nitrogen and oxygen atoms in total. The lowest BCUT2D eigenvalue weighted by Gasteiger charge is -2.47. The number of carbonyl (C=O) groups excluding carboxylic acids is 2. The number of hydrogen-bond acceptors (Lipinski definition) is 10. The van der Waals surface area contributed by atoms with Crippen molar-refractivity contribution in [3.63, 3.8) is 0 Å². The number of ether oxygens (including phenoxy) is 4. The molecule has 2 fully saturated rings. The van der Waals surface area contributed by atoms with Gasteiger partial charge in [-0.2, -0.15) is 0 Å². The van der Waals surface area contributed by atoms with Crippen LogP contribution in [0.5, 0.6) is 5.75 Å².